The van der Waals surface area contributed by atoms with Gasteiger partial charge >= 0.3 is 12.0 Å². The van der Waals surface area contributed by atoms with Gasteiger partial charge in [-0.2, -0.15) is 0 Å². The number of halogens is 1. The van der Waals surface area contributed by atoms with E-state index in [4.69, 9.17) is 5.11 Å². The number of nitrogens with one attached hydrogen (secondary N) is 2. The van der Waals surface area contributed by atoms with Gasteiger partial charge in [0.1, 0.15) is 11.9 Å². The van der Waals surface area contributed by atoms with Gasteiger partial charge < -0.3 is 15.7 Å². The first-order valence-corrected chi connectivity index (χ1v) is 4.55. The van der Waals surface area contributed by atoms with Crippen molar-refractivity contribution in [1.82, 2.24) is 5.32 Å². The van der Waals surface area contributed by atoms with E-state index < -0.39 is 23.9 Å². The molecule has 0 heterocycles. The molecule has 1 aromatic rings. The molecule has 0 aliphatic heterocycles. The van der Waals surface area contributed by atoms with Crippen molar-refractivity contribution in [3.63, 3.8) is 0 Å². The zero-order valence-corrected chi connectivity index (χ0v) is 8.53. The number of rotatable bonds is 3. The lowest BCUT2D eigenvalue weighted by atomic mass is 10.3. The second-order valence-electron chi connectivity index (χ2n) is 3.17. The molecule has 6 heteroatoms. The third kappa shape index (κ3) is 3.56. The summed E-state index contributed by atoms with van der Waals surface area (Å²) in [5.41, 5.74) is 0.386. The minimum atomic E-state index is -1.13. The van der Waals surface area contributed by atoms with E-state index in [0.29, 0.717) is 5.69 Å². The second kappa shape index (κ2) is 5.11. The van der Waals surface area contributed by atoms with Crippen molar-refractivity contribution < 1.29 is 19.1 Å². The number of benzene rings is 1. The SMILES string of the molecule is C[C@@H](NC(=O)Nc1ccc(F)cc1)C(=O)O. The summed E-state index contributed by atoms with van der Waals surface area (Å²) in [5, 5.41) is 13.1. The van der Waals surface area contributed by atoms with Gasteiger partial charge in [-0.05, 0) is 31.2 Å². The Hall–Kier alpha value is -2.11. The van der Waals surface area contributed by atoms with Crippen molar-refractivity contribution in [2.75, 3.05) is 5.32 Å². The fraction of sp³-hybridized carbons (Fsp3) is 0.200. The molecule has 0 aliphatic rings. The van der Waals surface area contributed by atoms with Crippen LogP contribution in [0.25, 0.3) is 0 Å². The maximum Gasteiger partial charge on any atom is 0.325 e. The number of urea groups is 1. The standard InChI is InChI=1S/C10H11FN2O3/c1-6(9(14)15)12-10(16)13-8-4-2-7(11)3-5-8/h2-6H,1H3,(H,14,15)(H2,12,13,16)/t6-/m1/s1. The van der Waals surface area contributed by atoms with Crippen LogP contribution in [0.1, 0.15) is 6.92 Å². The predicted octanol–water partition coefficient (Wildman–Crippen LogP) is 1.42. The molecule has 0 saturated carbocycles. The summed E-state index contributed by atoms with van der Waals surface area (Å²) in [6.45, 7) is 1.34. The monoisotopic (exact) mass is 226 g/mol. The number of aliphatic carboxylic acids is 1. The minimum Gasteiger partial charge on any atom is -0.480 e. The minimum absolute atomic E-state index is 0.386. The van der Waals surface area contributed by atoms with Crippen molar-refractivity contribution in [1.29, 1.82) is 0 Å². The fourth-order valence-electron chi connectivity index (χ4n) is 0.959. The van der Waals surface area contributed by atoms with Crippen molar-refractivity contribution >= 4 is 17.7 Å². The smallest absolute Gasteiger partial charge is 0.325 e. The highest BCUT2D eigenvalue weighted by Crippen LogP contribution is 2.07. The van der Waals surface area contributed by atoms with Crippen LogP contribution in [-0.2, 0) is 4.79 Å². The van der Waals surface area contributed by atoms with Gasteiger partial charge in [-0.3, -0.25) is 4.79 Å². The summed E-state index contributed by atoms with van der Waals surface area (Å²) in [5.74, 6) is -1.54. The molecule has 5 nitrogen and oxygen atoms in total. The van der Waals surface area contributed by atoms with Gasteiger partial charge in [0.15, 0.2) is 0 Å². The molecule has 16 heavy (non-hydrogen) atoms. The van der Waals surface area contributed by atoms with E-state index in [-0.39, 0.29) is 0 Å². The number of carbonyl (C=O) groups is 2. The predicted molar refractivity (Wildman–Crippen MR) is 55.7 cm³/mol. The topological polar surface area (TPSA) is 78.4 Å². The van der Waals surface area contributed by atoms with Crippen LogP contribution in [0.4, 0.5) is 14.9 Å². The van der Waals surface area contributed by atoms with Crippen LogP contribution in [0.2, 0.25) is 0 Å². The van der Waals surface area contributed by atoms with Gasteiger partial charge in [0.05, 0.1) is 0 Å². The number of anilines is 1. The molecule has 0 aromatic heterocycles. The molecular formula is C10H11FN2O3. The molecule has 0 aliphatic carbocycles. The molecule has 1 rings (SSSR count). The number of hydrogen-bond acceptors (Lipinski definition) is 2. The highest BCUT2D eigenvalue weighted by atomic mass is 19.1. The van der Waals surface area contributed by atoms with Crippen molar-refractivity contribution in [2.45, 2.75) is 13.0 Å². The van der Waals surface area contributed by atoms with Crippen LogP contribution >= 0.6 is 0 Å². The van der Waals surface area contributed by atoms with E-state index in [2.05, 4.69) is 10.6 Å². The normalized spacial score (nSPS) is 11.6. The van der Waals surface area contributed by atoms with Gasteiger partial charge in [0.2, 0.25) is 0 Å². The number of carbonyl (C=O) groups excluding carboxylic acids is 1. The highest BCUT2D eigenvalue weighted by Gasteiger charge is 2.13. The summed E-state index contributed by atoms with van der Waals surface area (Å²) in [4.78, 5) is 21.7. The van der Waals surface area contributed by atoms with Gasteiger partial charge in [-0.25, -0.2) is 9.18 Å². The zero-order valence-electron chi connectivity index (χ0n) is 8.53. The van der Waals surface area contributed by atoms with Crippen molar-refractivity contribution in [3.8, 4) is 0 Å². The van der Waals surface area contributed by atoms with E-state index in [0.717, 1.165) is 0 Å². The Labute approximate surface area is 91.3 Å². The summed E-state index contributed by atoms with van der Waals surface area (Å²) in [6, 6.07) is 3.50. The molecule has 0 fully saturated rings. The van der Waals surface area contributed by atoms with Gasteiger partial charge in [0, 0.05) is 5.69 Å². The fourth-order valence-corrected chi connectivity index (χ4v) is 0.959. The van der Waals surface area contributed by atoms with Crippen molar-refractivity contribution in [3.05, 3.63) is 30.1 Å². The maximum atomic E-state index is 12.5. The Balaban J connectivity index is 2.52. The largest absolute Gasteiger partial charge is 0.480 e. The Morgan fingerprint density at radius 3 is 2.38 bits per heavy atom. The average Bonchev–Trinajstić information content (AvgIpc) is 2.21. The molecule has 0 unspecified atom stereocenters. The Morgan fingerprint density at radius 1 is 1.31 bits per heavy atom. The lowest BCUT2D eigenvalue weighted by Crippen LogP contribution is -2.40. The first-order valence-electron chi connectivity index (χ1n) is 4.55. The van der Waals surface area contributed by atoms with E-state index in [1.807, 2.05) is 0 Å². The zero-order chi connectivity index (χ0) is 12.1. The van der Waals surface area contributed by atoms with E-state index in [9.17, 15) is 14.0 Å². The summed E-state index contributed by atoms with van der Waals surface area (Å²) in [6.07, 6.45) is 0. The summed E-state index contributed by atoms with van der Waals surface area (Å²) >= 11 is 0. The quantitative estimate of drug-likeness (QED) is 0.729. The van der Waals surface area contributed by atoms with Crippen molar-refractivity contribution in [2.24, 2.45) is 0 Å². The Morgan fingerprint density at radius 2 is 1.88 bits per heavy atom. The number of carboxylic acids is 1. The molecule has 0 saturated heterocycles. The lowest BCUT2D eigenvalue weighted by molar-refractivity contribution is -0.138. The van der Waals surface area contributed by atoms with Crippen LogP contribution in [0.5, 0.6) is 0 Å². The molecule has 1 atom stereocenters. The van der Waals surface area contributed by atoms with Gasteiger partial charge in [0.25, 0.3) is 0 Å². The van der Waals surface area contributed by atoms with Crippen LogP contribution in [0.15, 0.2) is 24.3 Å². The Bertz CT molecular complexity index is 392. The number of carboxylic acid groups (broad SMARTS) is 1. The highest BCUT2D eigenvalue weighted by molar-refractivity contribution is 5.92. The van der Waals surface area contributed by atoms with E-state index >= 15 is 0 Å². The average molecular weight is 226 g/mol. The van der Waals surface area contributed by atoms with Crippen LogP contribution in [-0.4, -0.2) is 23.1 Å². The molecule has 2 amide bonds. The van der Waals surface area contributed by atoms with E-state index in [1.165, 1.54) is 31.2 Å². The molecular weight excluding hydrogens is 215 g/mol. The lowest BCUT2D eigenvalue weighted by Gasteiger charge is -2.10. The number of amides is 2. The second-order valence-corrected chi connectivity index (χ2v) is 3.17. The molecule has 1 aromatic carbocycles. The van der Waals surface area contributed by atoms with Crippen LogP contribution in [0, 0.1) is 5.82 Å². The van der Waals surface area contributed by atoms with Crippen LogP contribution < -0.4 is 10.6 Å². The molecule has 0 spiro atoms. The number of hydrogen-bond donors (Lipinski definition) is 3. The molecule has 0 bridgehead atoms. The van der Waals surface area contributed by atoms with Gasteiger partial charge in [-0.15, -0.1) is 0 Å². The third-order valence-corrected chi connectivity index (χ3v) is 1.82. The summed E-state index contributed by atoms with van der Waals surface area (Å²) < 4.78 is 12.5. The maximum absolute atomic E-state index is 12.5. The van der Waals surface area contributed by atoms with Crippen LogP contribution in [0.3, 0.4) is 0 Å². The molecule has 3 N–H and O–H groups in total. The Kier molecular flexibility index (Phi) is 3.82. The third-order valence-electron chi connectivity index (χ3n) is 1.82. The summed E-state index contributed by atoms with van der Waals surface area (Å²) in [7, 11) is 0. The molecule has 86 valence electrons. The first-order chi connectivity index (χ1) is 7.49. The molecule has 0 radical (unpaired) electrons. The van der Waals surface area contributed by atoms with Gasteiger partial charge in [-0.1, -0.05) is 0 Å². The first kappa shape index (κ1) is 12.0. The van der Waals surface area contributed by atoms with E-state index in [1.54, 1.807) is 0 Å².